The van der Waals surface area contributed by atoms with Gasteiger partial charge < -0.3 is 20.1 Å². The standard InChI is InChI=1S/C23H24BrN5O3/c1-4-31-18-12-15(11-17(24)21(18)32-5-2)20-19(14(3)27-23-25-13-26-29(20)23)22(30)28-16-9-7-6-8-10-16/h6-13,19-20H,3-5H2,1-2H3,(H,28,30)(H,25,26,27). The highest BCUT2D eigenvalue weighted by atomic mass is 79.9. The molecule has 0 spiro atoms. The fourth-order valence-corrected chi connectivity index (χ4v) is 4.35. The normalized spacial score (nSPS) is 17.3. The zero-order valence-corrected chi connectivity index (χ0v) is 19.4. The van der Waals surface area contributed by atoms with Crippen molar-refractivity contribution < 1.29 is 14.3 Å². The third-order valence-electron chi connectivity index (χ3n) is 5.09. The van der Waals surface area contributed by atoms with Gasteiger partial charge in [-0.05, 0) is 59.6 Å². The van der Waals surface area contributed by atoms with Crippen molar-refractivity contribution in [1.29, 1.82) is 0 Å². The van der Waals surface area contributed by atoms with Gasteiger partial charge in [-0.25, -0.2) is 4.68 Å². The molecule has 32 heavy (non-hydrogen) atoms. The van der Waals surface area contributed by atoms with E-state index in [4.69, 9.17) is 9.47 Å². The van der Waals surface area contributed by atoms with Gasteiger partial charge >= 0.3 is 0 Å². The van der Waals surface area contributed by atoms with Gasteiger partial charge in [0.2, 0.25) is 11.9 Å². The molecule has 1 aliphatic rings. The van der Waals surface area contributed by atoms with Crippen LogP contribution in [0.1, 0.15) is 25.5 Å². The molecule has 0 fully saturated rings. The number of para-hydroxylation sites is 1. The largest absolute Gasteiger partial charge is 0.490 e. The number of hydrogen-bond donors (Lipinski definition) is 2. The molecular weight excluding hydrogens is 474 g/mol. The number of benzene rings is 2. The Morgan fingerprint density at radius 2 is 1.97 bits per heavy atom. The minimum Gasteiger partial charge on any atom is -0.490 e. The monoisotopic (exact) mass is 497 g/mol. The highest BCUT2D eigenvalue weighted by Gasteiger charge is 2.40. The molecule has 2 heterocycles. The van der Waals surface area contributed by atoms with Crippen molar-refractivity contribution in [3.8, 4) is 11.5 Å². The number of nitrogens with one attached hydrogen (secondary N) is 2. The van der Waals surface area contributed by atoms with Crippen LogP contribution in [0.2, 0.25) is 0 Å². The van der Waals surface area contributed by atoms with Crippen LogP contribution in [0.4, 0.5) is 11.6 Å². The van der Waals surface area contributed by atoms with Crippen LogP contribution in [0.3, 0.4) is 0 Å². The first-order chi connectivity index (χ1) is 15.5. The summed E-state index contributed by atoms with van der Waals surface area (Å²) in [5.74, 6) is 0.875. The number of hydrogen-bond acceptors (Lipinski definition) is 6. The van der Waals surface area contributed by atoms with Gasteiger partial charge in [0.1, 0.15) is 12.2 Å². The fraction of sp³-hybridized carbons (Fsp3) is 0.261. The van der Waals surface area contributed by atoms with Gasteiger partial charge in [0.05, 0.1) is 23.7 Å². The molecule has 166 valence electrons. The Bertz CT molecular complexity index is 1130. The number of ether oxygens (including phenoxy) is 2. The lowest BCUT2D eigenvalue weighted by atomic mass is 9.88. The summed E-state index contributed by atoms with van der Waals surface area (Å²) in [6.45, 7) is 8.92. The summed E-state index contributed by atoms with van der Waals surface area (Å²) >= 11 is 3.60. The molecule has 0 bridgehead atoms. The van der Waals surface area contributed by atoms with Crippen LogP contribution < -0.4 is 20.1 Å². The Hall–Kier alpha value is -3.33. The van der Waals surface area contributed by atoms with Crippen LogP contribution in [-0.4, -0.2) is 33.9 Å². The fourth-order valence-electron chi connectivity index (χ4n) is 3.78. The summed E-state index contributed by atoms with van der Waals surface area (Å²) in [6.07, 6.45) is 1.45. The zero-order chi connectivity index (χ0) is 22.7. The predicted molar refractivity (Wildman–Crippen MR) is 126 cm³/mol. The van der Waals surface area contributed by atoms with Gasteiger partial charge in [-0.1, -0.05) is 24.8 Å². The molecule has 1 amide bonds. The topological polar surface area (TPSA) is 90.3 Å². The summed E-state index contributed by atoms with van der Waals surface area (Å²) in [7, 11) is 0. The minimum absolute atomic E-state index is 0.206. The first kappa shape index (κ1) is 21.9. The third kappa shape index (κ3) is 4.20. The summed E-state index contributed by atoms with van der Waals surface area (Å²) < 4.78 is 14.1. The SMILES string of the molecule is C=C1Nc2ncnn2C(c2cc(Br)c(OCC)c(OCC)c2)C1C(=O)Nc1ccccc1. The van der Waals surface area contributed by atoms with E-state index in [1.807, 2.05) is 56.3 Å². The molecule has 0 aliphatic carbocycles. The maximum Gasteiger partial charge on any atom is 0.235 e. The zero-order valence-electron chi connectivity index (χ0n) is 17.8. The number of nitrogens with zero attached hydrogens (tertiary/aromatic N) is 3. The highest BCUT2D eigenvalue weighted by Crippen LogP contribution is 2.44. The molecule has 4 rings (SSSR count). The average Bonchev–Trinajstić information content (AvgIpc) is 3.23. The minimum atomic E-state index is -0.649. The first-order valence-electron chi connectivity index (χ1n) is 10.3. The molecule has 2 unspecified atom stereocenters. The molecule has 8 nitrogen and oxygen atoms in total. The van der Waals surface area contributed by atoms with E-state index in [1.165, 1.54) is 6.33 Å². The lowest BCUT2D eigenvalue weighted by Crippen LogP contribution is -2.39. The molecule has 9 heteroatoms. The first-order valence-corrected chi connectivity index (χ1v) is 11.1. The lowest BCUT2D eigenvalue weighted by Gasteiger charge is -2.34. The Morgan fingerprint density at radius 1 is 1.22 bits per heavy atom. The second kappa shape index (κ2) is 9.44. The summed E-state index contributed by atoms with van der Waals surface area (Å²) in [5, 5.41) is 10.5. The van der Waals surface area contributed by atoms with E-state index in [-0.39, 0.29) is 5.91 Å². The summed E-state index contributed by atoms with van der Waals surface area (Å²) in [4.78, 5) is 17.7. The van der Waals surface area contributed by atoms with Gasteiger partial charge in [0.15, 0.2) is 11.5 Å². The molecule has 0 radical (unpaired) electrons. The number of rotatable bonds is 7. The molecule has 2 aromatic carbocycles. The van der Waals surface area contributed by atoms with Crippen LogP contribution in [0.15, 0.2) is 65.5 Å². The van der Waals surface area contributed by atoms with Crippen molar-refractivity contribution in [2.75, 3.05) is 23.8 Å². The van der Waals surface area contributed by atoms with Crippen molar-refractivity contribution in [2.45, 2.75) is 19.9 Å². The number of amides is 1. The van der Waals surface area contributed by atoms with Gasteiger partial charge in [0.25, 0.3) is 0 Å². The molecular formula is C23H24BrN5O3. The molecule has 3 aromatic rings. The van der Waals surface area contributed by atoms with Crippen LogP contribution in [0.25, 0.3) is 0 Å². The van der Waals surface area contributed by atoms with Crippen molar-refractivity contribution in [2.24, 2.45) is 5.92 Å². The molecule has 1 aliphatic heterocycles. The summed E-state index contributed by atoms with van der Waals surface area (Å²) in [6, 6.07) is 12.6. The Balaban J connectivity index is 1.80. The number of carbonyl (C=O) groups is 1. The smallest absolute Gasteiger partial charge is 0.235 e. The van der Waals surface area contributed by atoms with E-state index in [2.05, 4.69) is 43.2 Å². The quantitative estimate of drug-likeness (QED) is 0.494. The van der Waals surface area contributed by atoms with Crippen molar-refractivity contribution >= 4 is 33.5 Å². The van der Waals surface area contributed by atoms with Gasteiger partial charge in [-0.15, -0.1) is 0 Å². The molecule has 2 atom stereocenters. The van der Waals surface area contributed by atoms with Crippen molar-refractivity contribution in [3.05, 3.63) is 71.1 Å². The lowest BCUT2D eigenvalue weighted by molar-refractivity contribution is -0.119. The van der Waals surface area contributed by atoms with Crippen LogP contribution in [0, 0.1) is 5.92 Å². The van der Waals surface area contributed by atoms with Gasteiger partial charge in [-0.2, -0.15) is 10.1 Å². The van der Waals surface area contributed by atoms with Crippen LogP contribution >= 0.6 is 15.9 Å². The van der Waals surface area contributed by atoms with Gasteiger partial charge in [-0.3, -0.25) is 4.79 Å². The number of anilines is 2. The van der Waals surface area contributed by atoms with E-state index in [0.29, 0.717) is 42.0 Å². The third-order valence-corrected chi connectivity index (χ3v) is 5.67. The van der Waals surface area contributed by atoms with Crippen LogP contribution in [-0.2, 0) is 4.79 Å². The number of halogens is 1. The number of fused-ring (bicyclic) bond motifs is 1. The molecule has 2 N–H and O–H groups in total. The predicted octanol–water partition coefficient (Wildman–Crippen LogP) is 4.62. The van der Waals surface area contributed by atoms with Crippen molar-refractivity contribution in [3.63, 3.8) is 0 Å². The summed E-state index contributed by atoms with van der Waals surface area (Å²) in [5.41, 5.74) is 2.05. The Morgan fingerprint density at radius 3 is 2.69 bits per heavy atom. The number of carbonyl (C=O) groups excluding carboxylic acids is 1. The molecule has 0 saturated carbocycles. The maximum absolute atomic E-state index is 13.4. The molecule has 1 aromatic heterocycles. The Labute approximate surface area is 194 Å². The van der Waals surface area contributed by atoms with E-state index in [9.17, 15) is 4.79 Å². The van der Waals surface area contributed by atoms with Crippen LogP contribution in [0.5, 0.6) is 11.5 Å². The highest BCUT2D eigenvalue weighted by molar-refractivity contribution is 9.10. The van der Waals surface area contributed by atoms with E-state index < -0.39 is 12.0 Å². The second-order valence-corrected chi connectivity index (χ2v) is 8.01. The van der Waals surface area contributed by atoms with E-state index in [0.717, 1.165) is 10.0 Å². The van der Waals surface area contributed by atoms with E-state index >= 15 is 0 Å². The van der Waals surface area contributed by atoms with Gasteiger partial charge in [0, 0.05) is 11.4 Å². The van der Waals surface area contributed by atoms with E-state index in [1.54, 1.807) is 4.68 Å². The second-order valence-electron chi connectivity index (χ2n) is 7.15. The Kier molecular flexibility index (Phi) is 6.45. The van der Waals surface area contributed by atoms with Crippen molar-refractivity contribution in [1.82, 2.24) is 14.8 Å². The average molecular weight is 498 g/mol. The maximum atomic E-state index is 13.4. The number of aromatic nitrogens is 3. The molecule has 0 saturated heterocycles.